The number of ether oxygens (including phenoxy) is 2. The number of carboxylic acids is 1. The lowest BCUT2D eigenvalue weighted by atomic mass is 9.76. The highest BCUT2D eigenvalue weighted by Gasteiger charge is 2.46. The van der Waals surface area contributed by atoms with Crippen LogP contribution in [0.3, 0.4) is 0 Å². The molecule has 8 nitrogen and oxygen atoms in total. The Labute approximate surface area is 180 Å². The van der Waals surface area contributed by atoms with Gasteiger partial charge in [0.1, 0.15) is 12.1 Å². The smallest absolute Gasteiger partial charge is 0.481 e. The van der Waals surface area contributed by atoms with Crippen molar-refractivity contribution in [3.05, 3.63) is 12.4 Å². The van der Waals surface area contributed by atoms with Gasteiger partial charge in [0.05, 0.1) is 13.7 Å². The Hall–Kier alpha value is -2.14. The van der Waals surface area contributed by atoms with Crippen LogP contribution in [-0.4, -0.2) is 84.7 Å². The van der Waals surface area contributed by atoms with Crippen LogP contribution in [0.25, 0.3) is 0 Å². The minimum Gasteiger partial charge on any atom is -0.481 e. The van der Waals surface area contributed by atoms with Crippen molar-refractivity contribution in [1.29, 1.82) is 0 Å². The first kappa shape index (κ1) is 25.1. The molecular formula is C20H31F3N4O4. The Bertz CT molecular complexity index is 725. The Balaban J connectivity index is 0.000000423. The molecule has 3 rings (SSSR count). The molecule has 2 aliphatic rings. The number of aromatic nitrogens is 2. The molecule has 1 unspecified atom stereocenters. The van der Waals surface area contributed by atoms with Crippen molar-refractivity contribution in [3.8, 4) is 5.88 Å². The first-order chi connectivity index (χ1) is 14.5. The van der Waals surface area contributed by atoms with E-state index in [9.17, 15) is 13.2 Å². The van der Waals surface area contributed by atoms with Gasteiger partial charge in [-0.3, -0.25) is 4.90 Å². The van der Waals surface area contributed by atoms with E-state index in [2.05, 4.69) is 33.6 Å². The van der Waals surface area contributed by atoms with E-state index in [1.807, 2.05) is 13.2 Å². The number of nitrogens with zero attached hydrogens (tertiary/aromatic N) is 4. The molecule has 11 heteroatoms. The third-order valence-electron chi connectivity index (χ3n) is 5.91. The monoisotopic (exact) mass is 448 g/mol. The summed E-state index contributed by atoms with van der Waals surface area (Å²) in [6, 6.07) is 3.07. The molecule has 1 aromatic heterocycles. The van der Waals surface area contributed by atoms with Gasteiger partial charge in [0.15, 0.2) is 0 Å². The van der Waals surface area contributed by atoms with Crippen molar-refractivity contribution >= 4 is 11.8 Å². The molecule has 1 atom stereocenters. The minimum absolute atomic E-state index is 0.432. The highest BCUT2D eigenvalue weighted by Crippen LogP contribution is 2.44. The Morgan fingerprint density at radius 1 is 1.29 bits per heavy atom. The van der Waals surface area contributed by atoms with Crippen molar-refractivity contribution in [3.63, 3.8) is 0 Å². The quantitative estimate of drug-likeness (QED) is 0.736. The Morgan fingerprint density at radius 2 is 1.90 bits per heavy atom. The molecule has 0 aliphatic carbocycles. The summed E-state index contributed by atoms with van der Waals surface area (Å²) in [5.41, 5.74) is 0.432. The topological polar surface area (TPSA) is 88.0 Å². The van der Waals surface area contributed by atoms with E-state index in [-0.39, 0.29) is 0 Å². The van der Waals surface area contributed by atoms with Gasteiger partial charge >= 0.3 is 12.1 Å². The highest BCUT2D eigenvalue weighted by atomic mass is 19.4. The van der Waals surface area contributed by atoms with Crippen molar-refractivity contribution in [2.75, 3.05) is 45.4 Å². The number of methoxy groups -OCH3 is 2. The van der Waals surface area contributed by atoms with Gasteiger partial charge in [-0.15, -0.1) is 0 Å². The van der Waals surface area contributed by atoms with E-state index in [0.717, 1.165) is 25.5 Å². The summed E-state index contributed by atoms with van der Waals surface area (Å²) in [6.07, 6.45) is 0.175. The number of rotatable bonds is 5. The van der Waals surface area contributed by atoms with Crippen molar-refractivity contribution < 1.29 is 32.5 Å². The summed E-state index contributed by atoms with van der Waals surface area (Å²) in [7, 11) is 3.46. The normalized spacial score (nSPS) is 21.2. The van der Waals surface area contributed by atoms with Gasteiger partial charge in [0.25, 0.3) is 0 Å². The van der Waals surface area contributed by atoms with E-state index in [4.69, 9.17) is 19.4 Å². The fourth-order valence-electron chi connectivity index (χ4n) is 4.34. The minimum atomic E-state index is -5.08. The first-order valence-electron chi connectivity index (χ1n) is 10.2. The lowest BCUT2D eigenvalue weighted by molar-refractivity contribution is -0.192. The Kier molecular flexibility index (Phi) is 8.47. The van der Waals surface area contributed by atoms with Crippen molar-refractivity contribution in [2.24, 2.45) is 5.41 Å². The number of aliphatic carboxylic acids is 1. The zero-order valence-corrected chi connectivity index (χ0v) is 18.4. The van der Waals surface area contributed by atoms with Gasteiger partial charge in [-0.1, -0.05) is 0 Å². The fourth-order valence-corrected chi connectivity index (χ4v) is 4.34. The Morgan fingerprint density at radius 3 is 2.39 bits per heavy atom. The number of hydrogen-bond acceptors (Lipinski definition) is 7. The van der Waals surface area contributed by atoms with Crippen molar-refractivity contribution in [1.82, 2.24) is 14.9 Å². The average molecular weight is 448 g/mol. The fraction of sp³-hybridized carbons (Fsp3) is 0.750. The van der Waals surface area contributed by atoms with E-state index < -0.39 is 12.1 Å². The maximum absolute atomic E-state index is 10.6. The highest BCUT2D eigenvalue weighted by molar-refractivity contribution is 5.73. The summed E-state index contributed by atoms with van der Waals surface area (Å²) in [5, 5.41) is 7.12. The second-order valence-corrected chi connectivity index (χ2v) is 8.29. The molecule has 0 aromatic carbocycles. The summed E-state index contributed by atoms with van der Waals surface area (Å²) >= 11 is 0. The third kappa shape index (κ3) is 6.67. The van der Waals surface area contributed by atoms with Gasteiger partial charge < -0.3 is 19.5 Å². The number of anilines is 1. The van der Waals surface area contributed by atoms with Gasteiger partial charge in [-0.25, -0.2) is 14.8 Å². The summed E-state index contributed by atoms with van der Waals surface area (Å²) in [6.45, 7) is 8.72. The maximum Gasteiger partial charge on any atom is 0.490 e. The molecule has 1 N–H and O–H groups in total. The van der Waals surface area contributed by atoms with Crippen LogP contribution in [0.2, 0.25) is 0 Å². The van der Waals surface area contributed by atoms with E-state index in [1.165, 1.54) is 25.8 Å². The van der Waals surface area contributed by atoms with E-state index in [0.29, 0.717) is 23.4 Å². The van der Waals surface area contributed by atoms with Crippen LogP contribution < -0.4 is 9.64 Å². The lowest BCUT2D eigenvalue weighted by Gasteiger charge is -2.40. The lowest BCUT2D eigenvalue weighted by Crippen LogP contribution is -2.43. The number of likely N-dealkylation sites (tertiary alicyclic amines) is 1. The molecule has 3 heterocycles. The average Bonchev–Trinajstić information content (AvgIpc) is 3.07. The number of carbonyl (C=O) groups is 1. The molecule has 1 spiro atoms. The predicted octanol–water partition coefficient (Wildman–Crippen LogP) is 2.83. The molecule has 176 valence electrons. The van der Waals surface area contributed by atoms with E-state index >= 15 is 0 Å². The van der Waals surface area contributed by atoms with Gasteiger partial charge in [0, 0.05) is 44.9 Å². The number of hydrogen-bond donors (Lipinski definition) is 1. The molecule has 0 radical (unpaired) electrons. The molecule has 2 fully saturated rings. The standard InChI is InChI=1S/C18H30N4O2.C2HF3O2/c1-14(2)22-12-18(10-15(22)11-23-3)5-7-21(8-6-18)16-9-17(24-4)20-13-19-16;3-2(4,5)1(6)7/h9,13-15H,5-8,10-12H2,1-4H3;(H,6,7). The zero-order valence-electron chi connectivity index (χ0n) is 18.4. The van der Waals surface area contributed by atoms with Crippen LogP contribution >= 0.6 is 0 Å². The van der Waals surface area contributed by atoms with Crippen LogP contribution in [-0.2, 0) is 9.53 Å². The summed E-state index contributed by atoms with van der Waals surface area (Å²) in [5.74, 6) is -1.15. The molecule has 0 saturated carbocycles. The molecule has 31 heavy (non-hydrogen) atoms. The van der Waals surface area contributed by atoms with Crippen LogP contribution in [0.1, 0.15) is 33.1 Å². The van der Waals surface area contributed by atoms with Gasteiger partial charge in [0.2, 0.25) is 5.88 Å². The largest absolute Gasteiger partial charge is 0.490 e. The molecule has 0 amide bonds. The van der Waals surface area contributed by atoms with Crippen LogP contribution in [0.15, 0.2) is 12.4 Å². The predicted molar refractivity (Wildman–Crippen MR) is 108 cm³/mol. The molecule has 2 aliphatic heterocycles. The zero-order chi connectivity index (χ0) is 23.2. The van der Waals surface area contributed by atoms with Gasteiger partial charge in [-0.05, 0) is 38.5 Å². The third-order valence-corrected chi connectivity index (χ3v) is 5.91. The maximum atomic E-state index is 10.6. The SMILES string of the molecule is COCC1CC2(CCN(c3cc(OC)ncn3)CC2)CN1C(C)C.O=C(O)C(F)(F)F. The first-order valence-corrected chi connectivity index (χ1v) is 10.2. The van der Waals surface area contributed by atoms with Gasteiger partial charge in [-0.2, -0.15) is 13.2 Å². The number of halogens is 3. The summed E-state index contributed by atoms with van der Waals surface area (Å²) in [4.78, 5) is 22.4. The van der Waals surface area contributed by atoms with E-state index in [1.54, 1.807) is 13.4 Å². The van der Waals surface area contributed by atoms with Crippen LogP contribution in [0, 0.1) is 5.41 Å². The van der Waals surface area contributed by atoms with Crippen LogP contribution in [0.5, 0.6) is 5.88 Å². The number of alkyl halides is 3. The second kappa shape index (κ2) is 10.4. The second-order valence-electron chi connectivity index (χ2n) is 8.29. The number of carboxylic acid groups (broad SMARTS) is 1. The number of piperidine rings is 1. The van der Waals surface area contributed by atoms with Crippen LogP contribution in [0.4, 0.5) is 19.0 Å². The molecular weight excluding hydrogens is 417 g/mol. The summed E-state index contributed by atoms with van der Waals surface area (Å²) < 4.78 is 42.4. The van der Waals surface area contributed by atoms with Crippen molar-refractivity contribution in [2.45, 2.75) is 51.4 Å². The molecule has 2 saturated heterocycles. The molecule has 0 bridgehead atoms. The molecule has 1 aromatic rings.